The van der Waals surface area contributed by atoms with Crippen LogP contribution in [0.5, 0.6) is 0 Å². The standard InChI is InChI=1S/C29H28F3N5O3/c30-29(31,32)25-23(18-37(36-25)22-9-5-2-6-10-22)27(39)34-16-15-33-26(38)20-13-11-19(12-14-20)24-17-35-28(40-24)21-7-3-1-4-8-21/h1-10,17-20H,11-16H2,(H,33,38)(H,34,39). The SMILES string of the molecule is O=C(NCCNC(=O)C1CCC(c2cnc(-c3ccccc3)o2)CC1)c1cn(-c2ccccc2)nc1C(F)(F)F. The maximum Gasteiger partial charge on any atom is 0.435 e. The average molecular weight is 552 g/mol. The zero-order valence-electron chi connectivity index (χ0n) is 21.5. The van der Waals surface area contributed by atoms with Crippen molar-refractivity contribution in [1.29, 1.82) is 0 Å². The first-order chi connectivity index (χ1) is 19.3. The molecular formula is C29H28F3N5O3. The molecule has 1 fully saturated rings. The first kappa shape index (κ1) is 27.2. The van der Waals surface area contributed by atoms with Crippen LogP contribution < -0.4 is 10.6 Å². The number of nitrogens with zero attached hydrogens (tertiary/aromatic N) is 3. The van der Waals surface area contributed by atoms with Crippen LogP contribution in [0.25, 0.3) is 17.1 Å². The van der Waals surface area contributed by atoms with Gasteiger partial charge in [-0.05, 0) is 49.9 Å². The summed E-state index contributed by atoms with van der Waals surface area (Å²) >= 11 is 0. The summed E-state index contributed by atoms with van der Waals surface area (Å²) < 4.78 is 47.6. The minimum absolute atomic E-state index is 0.0198. The molecule has 2 N–H and O–H groups in total. The van der Waals surface area contributed by atoms with Gasteiger partial charge in [0.05, 0.1) is 17.4 Å². The Labute approximate surface area is 228 Å². The zero-order valence-corrected chi connectivity index (χ0v) is 21.5. The van der Waals surface area contributed by atoms with E-state index in [-0.39, 0.29) is 30.8 Å². The Morgan fingerprint density at radius 1 is 0.925 bits per heavy atom. The summed E-state index contributed by atoms with van der Waals surface area (Å²) in [4.78, 5) is 29.6. The molecule has 1 aliphatic rings. The van der Waals surface area contributed by atoms with Gasteiger partial charge in [0.25, 0.3) is 5.91 Å². The van der Waals surface area contributed by atoms with Gasteiger partial charge in [0.2, 0.25) is 11.8 Å². The van der Waals surface area contributed by atoms with Crippen LogP contribution >= 0.6 is 0 Å². The highest BCUT2D eigenvalue weighted by Gasteiger charge is 2.39. The molecule has 2 amide bonds. The van der Waals surface area contributed by atoms with Crippen molar-refractivity contribution < 1.29 is 27.2 Å². The number of carbonyl (C=O) groups excluding carboxylic acids is 2. The number of para-hydroxylation sites is 1. The molecule has 1 saturated carbocycles. The molecule has 11 heteroatoms. The number of hydrogen-bond donors (Lipinski definition) is 2. The third kappa shape index (κ3) is 6.24. The quantitative estimate of drug-likeness (QED) is 0.287. The maximum absolute atomic E-state index is 13.5. The number of alkyl halides is 3. The molecule has 2 aromatic heterocycles. The van der Waals surface area contributed by atoms with E-state index >= 15 is 0 Å². The van der Waals surface area contributed by atoms with Gasteiger partial charge in [-0.3, -0.25) is 9.59 Å². The first-order valence-corrected chi connectivity index (χ1v) is 13.1. The van der Waals surface area contributed by atoms with E-state index in [1.54, 1.807) is 36.5 Å². The van der Waals surface area contributed by atoms with Crippen LogP contribution in [-0.4, -0.2) is 39.7 Å². The summed E-state index contributed by atoms with van der Waals surface area (Å²) in [7, 11) is 0. The highest BCUT2D eigenvalue weighted by Crippen LogP contribution is 2.37. The summed E-state index contributed by atoms with van der Waals surface area (Å²) in [5.41, 5.74) is -0.538. The average Bonchev–Trinajstić information content (AvgIpc) is 3.65. The second-order valence-electron chi connectivity index (χ2n) is 9.70. The molecule has 40 heavy (non-hydrogen) atoms. The molecular weight excluding hydrogens is 523 g/mol. The third-order valence-corrected chi connectivity index (χ3v) is 7.00. The van der Waals surface area contributed by atoms with Crippen molar-refractivity contribution in [2.45, 2.75) is 37.8 Å². The lowest BCUT2D eigenvalue weighted by Gasteiger charge is -2.26. The van der Waals surface area contributed by atoms with Crippen molar-refractivity contribution in [2.75, 3.05) is 13.1 Å². The number of nitrogens with one attached hydrogen (secondary N) is 2. The molecule has 2 aromatic carbocycles. The fourth-order valence-electron chi connectivity index (χ4n) is 4.89. The molecule has 0 radical (unpaired) electrons. The molecule has 0 aliphatic heterocycles. The summed E-state index contributed by atoms with van der Waals surface area (Å²) in [5.74, 6) is 0.355. The van der Waals surface area contributed by atoms with Crippen LogP contribution in [0.1, 0.15) is 53.4 Å². The third-order valence-electron chi connectivity index (χ3n) is 7.00. The number of halogens is 3. The Morgan fingerprint density at radius 3 is 2.25 bits per heavy atom. The largest absolute Gasteiger partial charge is 0.441 e. The van der Waals surface area contributed by atoms with Gasteiger partial charge in [0, 0.05) is 36.7 Å². The molecule has 0 saturated heterocycles. The van der Waals surface area contributed by atoms with Gasteiger partial charge in [-0.1, -0.05) is 36.4 Å². The van der Waals surface area contributed by atoms with Crippen LogP contribution in [0.15, 0.2) is 77.5 Å². The van der Waals surface area contributed by atoms with Gasteiger partial charge in [0.1, 0.15) is 5.76 Å². The van der Waals surface area contributed by atoms with E-state index in [1.807, 2.05) is 30.3 Å². The van der Waals surface area contributed by atoms with E-state index in [9.17, 15) is 22.8 Å². The number of rotatable bonds is 8. The van der Waals surface area contributed by atoms with E-state index in [2.05, 4.69) is 20.7 Å². The van der Waals surface area contributed by atoms with E-state index in [0.29, 0.717) is 24.4 Å². The van der Waals surface area contributed by atoms with Gasteiger partial charge >= 0.3 is 6.18 Å². The molecule has 2 heterocycles. The van der Waals surface area contributed by atoms with Crippen molar-refractivity contribution in [2.24, 2.45) is 5.92 Å². The van der Waals surface area contributed by atoms with E-state index < -0.39 is 23.3 Å². The van der Waals surface area contributed by atoms with Crippen LogP contribution in [0.2, 0.25) is 0 Å². The van der Waals surface area contributed by atoms with Crippen molar-refractivity contribution in [1.82, 2.24) is 25.4 Å². The summed E-state index contributed by atoms with van der Waals surface area (Å²) in [6.07, 6.45) is 0.934. The van der Waals surface area contributed by atoms with E-state index in [0.717, 1.165) is 35.0 Å². The number of aromatic nitrogens is 3. The zero-order chi connectivity index (χ0) is 28.1. The Morgan fingerprint density at radius 2 is 1.57 bits per heavy atom. The fraction of sp³-hybridized carbons (Fsp3) is 0.310. The number of oxazole rings is 1. The minimum atomic E-state index is -4.80. The lowest BCUT2D eigenvalue weighted by Crippen LogP contribution is -2.38. The highest BCUT2D eigenvalue weighted by molar-refractivity contribution is 5.95. The van der Waals surface area contributed by atoms with Crippen molar-refractivity contribution in [3.63, 3.8) is 0 Å². The monoisotopic (exact) mass is 551 g/mol. The second kappa shape index (κ2) is 11.8. The predicted octanol–water partition coefficient (Wildman–Crippen LogP) is 5.37. The topological polar surface area (TPSA) is 102 Å². The van der Waals surface area contributed by atoms with Gasteiger partial charge in [-0.15, -0.1) is 0 Å². The Kier molecular flexibility index (Phi) is 7.99. The normalized spacial score (nSPS) is 17.4. The Balaban J connectivity index is 1.09. The number of benzene rings is 2. The number of carbonyl (C=O) groups is 2. The lowest BCUT2D eigenvalue weighted by molar-refractivity contribution is -0.141. The summed E-state index contributed by atoms with van der Waals surface area (Å²) in [6, 6.07) is 17.9. The predicted molar refractivity (Wildman–Crippen MR) is 141 cm³/mol. The Hall–Kier alpha value is -4.41. The second-order valence-corrected chi connectivity index (χ2v) is 9.70. The molecule has 208 valence electrons. The maximum atomic E-state index is 13.5. The molecule has 0 unspecified atom stereocenters. The van der Waals surface area contributed by atoms with Crippen molar-refractivity contribution in [3.8, 4) is 17.1 Å². The molecule has 4 aromatic rings. The first-order valence-electron chi connectivity index (χ1n) is 13.1. The van der Waals surface area contributed by atoms with Gasteiger partial charge in [-0.25, -0.2) is 9.67 Å². The van der Waals surface area contributed by atoms with E-state index in [1.165, 1.54) is 0 Å². The molecule has 5 rings (SSSR count). The molecule has 0 bridgehead atoms. The van der Waals surface area contributed by atoms with Crippen LogP contribution in [-0.2, 0) is 11.0 Å². The lowest BCUT2D eigenvalue weighted by atomic mass is 9.80. The van der Waals surface area contributed by atoms with Crippen molar-refractivity contribution in [3.05, 3.63) is 90.1 Å². The molecule has 0 atom stereocenters. The minimum Gasteiger partial charge on any atom is -0.441 e. The summed E-state index contributed by atoms with van der Waals surface area (Å²) in [6.45, 7) is 0.0786. The van der Waals surface area contributed by atoms with Crippen LogP contribution in [0.4, 0.5) is 13.2 Å². The van der Waals surface area contributed by atoms with Gasteiger partial charge < -0.3 is 15.1 Å². The molecule has 1 aliphatic carbocycles. The highest BCUT2D eigenvalue weighted by atomic mass is 19.4. The Bertz CT molecular complexity index is 1440. The van der Waals surface area contributed by atoms with Crippen LogP contribution in [0.3, 0.4) is 0 Å². The number of amides is 2. The van der Waals surface area contributed by atoms with Gasteiger partial charge in [-0.2, -0.15) is 18.3 Å². The van der Waals surface area contributed by atoms with Gasteiger partial charge in [0.15, 0.2) is 5.69 Å². The molecule has 0 spiro atoms. The van der Waals surface area contributed by atoms with Crippen LogP contribution in [0, 0.1) is 5.92 Å². The smallest absolute Gasteiger partial charge is 0.435 e. The van der Waals surface area contributed by atoms with Crippen molar-refractivity contribution >= 4 is 11.8 Å². The molecule has 8 nitrogen and oxygen atoms in total. The summed E-state index contributed by atoms with van der Waals surface area (Å²) in [5, 5.41) is 8.82. The number of hydrogen-bond acceptors (Lipinski definition) is 5. The van der Waals surface area contributed by atoms with E-state index in [4.69, 9.17) is 4.42 Å². The fourth-order valence-corrected chi connectivity index (χ4v) is 4.89.